The molecule has 0 radical (unpaired) electrons. The van der Waals surface area contributed by atoms with Gasteiger partial charge < -0.3 is 9.47 Å². The fourth-order valence-corrected chi connectivity index (χ4v) is 1.55. The maximum absolute atomic E-state index is 13.1. The van der Waals surface area contributed by atoms with Crippen LogP contribution in [0.1, 0.15) is 15.9 Å². The number of pyridine rings is 1. The number of hydrogen-bond donors (Lipinski definition) is 0. The Balaban J connectivity index is 2.10. The molecule has 0 saturated heterocycles. The van der Waals surface area contributed by atoms with Gasteiger partial charge in [0.1, 0.15) is 23.7 Å². The Bertz CT molecular complexity index is 572. The summed E-state index contributed by atoms with van der Waals surface area (Å²) >= 11 is 0. The highest BCUT2D eigenvalue weighted by atomic mass is 19.1. The van der Waals surface area contributed by atoms with E-state index in [0.717, 1.165) is 11.6 Å². The summed E-state index contributed by atoms with van der Waals surface area (Å²) in [7, 11) is 1.41. The van der Waals surface area contributed by atoms with Gasteiger partial charge in [-0.15, -0.1) is 0 Å². The first-order chi connectivity index (χ1) is 9.20. The molecular weight excluding hydrogens is 249 g/mol. The molecule has 0 bridgehead atoms. The van der Waals surface area contributed by atoms with Crippen LogP contribution in [0.3, 0.4) is 0 Å². The van der Waals surface area contributed by atoms with Gasteiger partial charge in [0.05, 0.1) is 7.11 Å². The lowest BCUT2D eigenvalue weighted by molar-refractivity contribution is 0.0468. The number of carbonyl (C=O) groups excluding carboxylic acids is 1. The third-order valence-electron chi connectivity index (χ3n) is 2.47. The van der Waals surface area contributed by atoms with Crippen LogP contribution in [0.5, 0.6) is 5.75 Å². The summed E-state index contributed by atoms with van der Waals surface area (Å²) in [5.41, 5.74) is 0.817. The predicted octanol–water partition coefficient (Wildman–Crippen LogP) is 2.59. The number of ether oxygens (including phenoxy) is 2. The van der Waals surface area contributed by atoms with E-state index < -0.39 is 11.8 Å². The monoisotopic (exact) mass is 261 g/mol. The summed E-state index contributed by atoms with van der Waals surface area (Å²) in [6.07, 6.45) is 3.22. The molecule has 0 unspecified atom stereocenters. The molecule has 1 aromatic heterocycles. The van der Waals surface area contributed by atoms with E-state index in [9.17, 15) is 9.18 Å². The first kappa shape index (κ1) is 13.0. The minimum absolute atomic E-state index is 0.0615. The number of methoxy groups -OCH3 is 1. The van der Waals surface area contributed by atoms with Crippen molar-refractivity contribution in [1.29, 1.82) is 0 Å². The summed E-state index contributed by atoms with van der Waals surface area (Å²) in [6, 6.07) is 7.21. The molecule has 0 aliphatic heterocycles. The Hall–Kier alpha value is -2.43. The van der Waals surface area contributed by atoms with E-state index in [1.807, 2.05) is 0 Å². The van der Waals surface area contributed by atoms with E-state index >= 15 is 0 Å². The molecule has 0 atom stereocenters. The van der Waals surface area contributed by atoms with E-state index in [1.54, 1.807) is 24.5 Å². The van der Waals surface area contributed by atoms with Crippen molar-refractivity contribution in [3.05, 3.63) is 59.7 Å². The smallest absolute Gasteiger partial charge is 0.342 e. The van der Waals surface area contributed by atoms with Crippen molar-refractivity contribution < 1.29 is 18.7 Å². The van der Waals surface area contributed by atoms with Gasteiger partial charge in [0, 0.05) is 18.0 Å². The highest BCUT2D eigenvalue weighted by Crippen LogP contribution is 2.20. The van der Waals surface area contributed by atoms with Gasteiger partial charge >= 0.3 is 5.97 Å². The van der Waals surface area contributed by atoms with Crippen LogP contribution in [0.15, 0.2) is 42.7 Å². The van der Waals surface area contributed by atoms with E-state index in [1.165, 1.54) is 19.2 Å². The van der Waals surface area contributed by atoms with Gasteiger partial charge in [-0.25, -0.2) is 9.18 Å². The molecular formula is C14H12FNO3. The fraction of sp³-hybridized carbons (Fsp3) is 0.143. The van der Waals surface area contributed by atoms with E-state index in [-0.39, 0.29) is 17.9 Å². The lowest BCUT2D eigenvalue weighted by Gasteiger charge is -2.08. The molecule has 98 valence electrons. The van der Waals surface area contributed by atoms with Crippen molar-refractivity contribution in [2.75, 3.05) is 7.11 Å². The maximum atomic E-state index is 13.1. The number of rotatable bonds is 4. The molecule has 1 aromatic carbocycles. The first-order valence-corrected chi connectivity index (χ1v) is 5.60. The molecule has 0 spiro atoms. The maximum Gasteiger partial charge on any atom is 0.342 e. The van der Waals surface area contributed by atoms with Crippen LogP contribution >= 0.6 is 0 Å². The first-order valence-electron chi connectivity index (χ1n) is 5.60. The van der Waals surface area contributed by atoms with E-state index in [4.69, 9.17) is 9.47 Å². The molecule has 4 nitrogen and oxygen atoms in total. The highest BCUT2D eigenvalue weighted by Gasteiger charge is 2.14. The molecule has 5 heteroatoms. The zero-order chi connectivity index (χ0) is 13.7. The van der Waals surface area contributed by atoms with Crippen molar-refractivity contribution in [2.24, 2.45) is 0 Å². The van der Waals surface area contributed by atoms with Crippen LogP contribution in [-0.2, 0) is 11.3 Å². The van der Waals surface area contributed by atoms with Crippen molar-refractivity contribution >= 4 is 5.97 Å². The van der Waals surface area contributed by atoms with Gasteiger partial charge in [0.15, 0.2) is 0 Å². The minimum Gasteiger partial charge on any atom is -0.496 e. The van der Waals surface area contributed by atoms with Gasteiger partial charge in [-0.3, -0.25) is 4.98 Å². The third kappa shape index (κ3) is 3.28. The van der Waals surface area contributed by atoms with Gasteiger partial charge in [-0.05, 0) is 24.3 Å². The lowest BCUT2D eigenvalue weighted by Crippen LogP contribution is -2.07. The average molecular weight is 261 g/mol. The second kappa shape index (κ2) is 5.95. The third-order valence-corrected chi connectivity index (χ3v) is 2.47. The van der Waals surface area contributed by atoms with E-state index in [2.05, 4.69) is 4.98 Å². The zero-order valence-corrected chi connectivity index (χ0v) is 10.3. The lowest BCUT2D eigenvalue weighted by atomic mass is 10.2. The van der Waals surface area contributed by atoms with Crippen LogP contribution in [0.25, 0.3) is 0 Å². The van der Waals surface area contributed by atoms with Crippen LogP contribution in [0.4, 0.5) is 4.39 Å². The molecule has 1 heterocycles. The molecule has 0 fully saturated rings. The SMILES string of the molecule is COc1ccc(F)cc1C(=O)OCc1cccnc1. The summed E-state index contributed by atoms with van der Waals surface area (Å²) in [4.78, 5) is 15.8. The second-order valence-corrected chi connectivity index (χ2v) is 3.78. The summed E-state index contributed by atoms with van der Waals surface area (Å²) in [5, 5.41) is 0. The van der Waals surface area contributed by atoms with E-state index in [0.29, 0.717) is 0 Å². The minimum atomic E-state index is -0.639. The van der Waals surface area contributed by atoms with Crippen LogP contribution in [0.2, 0.25) is 0 Å². The summed E-state index contributed by atoms with van der Waals surface area (Å²) in [6.45, 7) is 0.0757. The largest absolute Gasteiger partial charge is 0.496 e. The fourth-order valence-electron chi connectivity index (χ4n) is 1.55. The molecule has 0 saturated carbocycles. The number of halogens is 1. The topological polar surface area (TPSA) is 48.4 Å². The quantitative estimate of drug-likeness (QED) is 0.794. The number of aromatic nitrogens is 1. The normalized spacial score (nSPS) is 10.0. The van der Waals surface area contributed by atoms with Gasteiger partial charge in [-0.2, -0.15) is 0 Å². The molecule has 0 amide bonds. The molecule has 2 rings (SSSR count). The summed E-state index contributed by atoms with van der Waals surface area (Å²) < 4.78 is 23.2. The van der Waals surface area contributed by atoms with Crippen molar-refractivity contribution in [3.63, 3.8) is 0 Å². The Morgan fingerprint density at radius 2 is 2.21 bits per heavy atom. The van der Waals surface area contributed by atoms with Gasteiger partial charge in [-0.1, -0.05) is 6.07 Å². The Morgan fingerprint density at radius 1 is 1.37 bits per heavy atom. The molecule has 2 aromatic rings. The van der Waals surface area contributed by atoms with Crippen LogP contribution in [-0.4, -0.2) is 18.1 Å². The Morgan fingerprint density at radius 3 is 2.89 bits per heavy atom. The van der Waals surface area contributed by atoms with Crippen molar-refractivity contribution in [1.82, 2.24) is 4.98 Å². The average Bonchev–Trinajstić information content (AvgIpc) is 2.46. The standard InChI is InChI=1S/C14H12FNO3/c1-18-13-5-4-11(15)7-12(13)14(17)19-9-10-3-2-6-16-8-10/h2-8H,9H2,1H3. The van der Waals surface area contributed by atoms with Crippen molar-refractivity contribution in [2.45, 2.75) is 6.61 Å². The zero-order valence-electron chi connectivity index (χ0n) is 10.3. The Labute approximate surface area is 109 Å². The molecule has 0 aliphatic rings. The predicted molar refractivity (Wildman–Crippen MR) is 66.3 cm³/mol. The number of carbonyl (C=O) groups is 1. The molecule has 0 aliphatic carbocycles. The highest BCUT2D eigenvalue weighted by molar-refractivity contribution is 5.92. The number of esters is 1. The number of nitrogens with zero attached hydrogens (tertiary/aromatic N) is 1. The molecule has 19 heavy (non-hydrogen) atoms. The van der Waals surface area contributed by atoms with Crippen LogP contribution < -0.4 is 4.74 Å². The second-order valence-electron chi connectivity index (χ2n) is 3.78. The Kier molecular flexibility index (Phi) is 4.07. The van der Waals surface area contributed by atoms with Gasteiger partial charge in [0.25, 0.3) is 0 Å². The van der Waals surface area contributed by atoms with Crippen molar-refractivity contribution in [3.8, 4) is 5.75 Å². The number of benzene rings is 1. The number of hydrogen-bond acceptors (Lipinski definition) is 4. The molecule has 0 N–H and O–H groups in total. The van der Waals surface area contributed by atoms with Crippen LogP contribution in [0, 0.1) is 5.82 Å². The summed E-state index contributed by atoms with van der Waals surface area (Å²) in [5.74, 6) is -0.882. The van der Waals surface area contributed by atoms with Gasteiger partial charge in [0.2, 0.25) is 0 Å².